The largest absolute Gasteiger partial charge is 0.480 e. The fraction of sp³-hybridized carbons (Fsp3) is 0.308. The molecular formula is C13H15N3O2. The molecule has 0 bridgehead atoms. The summed E-state index contributed by atoms with van der Waals surface area (Å²) in [4.78, 5) is 10.9. The first kappa shape index (κ1) is 12.3. The normalized spacial score (nSPS) is 10.4. The van der Waals surface area contributed by atoms with E-state index in [2.05, 4.69) is 10.2 Å². The Kier molecular flexibility index (Phi) is 3.41. The van der Waals surface area contributed by atoms with Crippen LogP contribution in [0.3, 0.4) is 0 Å². The summed E-state index contributed by atoms with van der Waals surface area (Å²) in [7, 11) is 3.43. The summed E-state index contributed by atoms with van der Waals surface area (Å²) in [5.74, 6) is 0.496. The second-order valence-electron chi connectivity index (χ2n) is 4.12. The number of carbonyl (C=O) groups excluding carboxylic acids is 1. The summed E-state index contributed by atoms with van der Waals surface area (Å²) in [6.07, 6.45) is 1.51. The van der Waals surface area contributed by atoms with Gasteiger partial charge >= 0.3 is 0 Å². The molecule has 0 aliphatic rings. The van der Waals surface area contributed by atoms with Gasteiger partial charge in [0.15, 0.2) is 6.29 Å². The minimum absolute atomic E-state index is 0.496. The van der Waals surface area contributed by atoms with Gasteiger partial charge in [-0.3, -0.25) is 4.79 Å². The van der Waals surface area contributed by atoms with E-state index in [4.69, 9.17) is 4.74 Å². The Morgan fingerprint density at radius 2 is 2.17 bits per heavy atom. The summed E-state index contributed by atoms with van der Waals surface area (Å²) in [6.45, 7) is 1.92. The van der Waals surface area contributed by atoms with E-state index in [1.807, 2.05) is 30.7 Å². The van der Waals surface area contributed by atoms with Crippen LogP contribution in [-0.2, 0) is 13.5 Å². The molecule has 5 heteroatoms. The predicted octanol–water partition coefficient (Wildman–Crippen LogP) is 1.54. The molecule has 0 aliphatic heterocycles. The van der Waals surface area contributed by atoms with Crippen molar-refractivity contribution in [1.29, 1.82) is 0 Å². The Balaban J connectivity index is 2.25. The fourth-order valence-electron chi connectivity index (χ4n) is 1.92. The van der Waals surface area contributed by atoms with Gasteiger partial charge in [-0.15, -0.1) is 5.10 Å². The van der Waals surface area contributed by atoms with Gasteiger partial charge in [0.1, 0.15) is 0 Å². The smallest absolute Gasteiger partial charge is 0.233 e. The first-order valence-electron chi connectivity index (χ1n) is 5.62. The zero-order chi connectivity index (χ0) is 13.1. The molecule has 0 radical (unpaired) electrons. The Morgan fingerprint density at radius 1 is 1.39 bits per heavy atom. The molecule has 0 spiro atoms. The summed E-state index contributed by atoms with van der Waals surface area (Å²) >= 11 is 0. The van der Waals surface area contributed by atoms with Gasteiger partial charge in [-0.25, -0.2) is 0 Å². The quantitative estimate of drug-likeness (QED) is 0.767. The number of nitrogens with zero attached hydrogens (tertiary/aromatic N) is 3. The van der Waals surface area contributed by atoms with Crippen LogP contribution < -0.4 is 4.74 Å². The van der Waals surface area contributed by atoms with Gasteiger partial charge in [0.2, 0.25) is 5.88 Å². The number of aromatic nitrogens is 3. The van der Waals surface area contributed by atoms with Crippen molar-refractivity contribution in [3.63, 3.8) is 0 Å². The Hall–Kier alpha value is -2.17. The monoisotopic (exact) mass is 245 g/mol. The van der Waals surface area contributed by atoms with Gasteiger partial charge in [-0.2, -0.15) is 5.10 Å². The molecule has 94 valence electrons. The zero-order valence-corrected chi connectivity index (χ0v) is 10.7. The van der Waals surface area contributed by atoms with Gasteiger partial charge < -0.3 is 9.30 Å². The third-order valence-electron chi connectivity index (χ3n) is 2.96. The molecule has 0 fully saturated rings. The van der Waals surface area contributed by atoms with Crippen molar-refractivity contribution in [2.24, 2.45) is 7.05 Å². The highest BCUT2D eigenvalue weighted by Gasteiger charge is 2.10. The van der Waals surface area contributed by atoms with Crippen LogP contribution in [-0.4, -0.2) is 28.2 Å². The second-order valence-corrected chi connectivity index (χ2v) is 4.12. The predicted molar refractivity (Wildman–Crippen MR) is 66.9 cm³/mol. The maximum Gasteiger partial charge on any atom is 0.233 e. The maximum atomic E-state index is 10.9. The van der Waals surface area contributed by atoms with E-state index < -0.39 is 0 Å². The first-order valence-corrected chi connectivity index (χ1v) is 5.62. The average molecular weight is 245 g/mol. The van der Waals surface area contributed by atoms with E-state index in [-0.39, 0.29) is 0 Å². The molecule has 0 aliphatic carbocycles. The Morgan fingerprint density at radius 3 is 2.67 bits per heavy atom. The maximum absolute atomic E-state index is 10.9. The van der Waals surface area contributed by atoms with Crippen molar-refractivity contribution in [2.45, 2.75) is 13.3 Å². The topological polar surface area (TPSA) is 57.0 Å². The van der Waals surface area contributed by atoms with Crippen LogP contribution in [0.5, 0.6) is 5.88 Å². The third-order valence-corrected chi connectivity index (χ3v) is 2.96. The molecule has 0 N–H and O–H groups in total. The third kappa shape index (κ3) is 2.25. The summed E-state index contributed by atoms with van der Waals surface area (Å²) in [5.41, 5.74) is 3.55. The minimum atomic E-state index is 0.496. The van der Waals surface area contributed by atoms with Crippen LogP contribution in [0.4, 0.5) is 0 Å². The minimum Gasteiger partial charge on any atom is -0.480 e. The van der Waals surface area contributed by atoms with E-state index >= 15 is 0 Å². The van der Waals surface area contributed by atoms with Crippen molar-refractivity contribution < 1.29 is 9.53 Å². The van der Waals surface area contributed by atoms with Gasteiger partial charge in [-0.1, -0.05) is 0 Å². The van der Waals surface area contributed by atoms with Gasteiger partial charge in [0.05, 0.1) is 18.5 Å². The summed E-state index contributed by atoms with van der Waals surface area (Å²) in [5, 5.41) is 8.00. The van der Waals surface area contributed by atoms with E-state index in [0.29, 0.717) is 18.0 Å². The van der Waals surface area contributed by atoms with E-state index in [1.54, 1.807) is 13.2 Å². The zero-order valence-electron chi connectivity index (χ0n) is 10.7. The molecule has 0 saturated heterocycles. The van der Waals surface area contributed by atoms with E-state index in [9.17, 15) is 4.79 Å². The Labute approximate surface area is 105 Å². The number of methoxy groups -OCH3 is 1. The Bertz CT molecular complexity index is 558. The SMILES string of the molecule is COc1ccc(Cc2cc(C)c(C=O)n2C)nn1. The second kappa shape index (κ2) is 5.00. The van der Waals surface area contributed by atoms with Crippen molar-refractivity contribution >= 4 is 6.29 Å². The molecule has 2 aromatic heterocycles. The highest BCUT2D eigenvalue weighted by atomic mass is 16.5. The number of rotatable bonds is 4. The number of hydrogen-bond donors (Lipinski definition) is 0. The molecule has 2 aromatic rings. The molecule has 0 atom stereocenters. The van der Waals surface area contributed by atoms with Crippen LogP contribution in [0.15, 0.2) is 18.2 Å². The number of aryl methyl sites for hydroxylation is 1. The molecule has 2 rings (SSSR count). The highest BCUT2D eigenvalue weighted by Crippen LogP contribution is 2.15. The molecule has 0 amide bonds. The molecule has 0 unspecified atom stereocenters. The lowest BCUT2D eigenvalue weighted by atomic mass is 10.2. The van der Waals surface area contributed by atoms with Gasteiger partial charge in [0.25, 0.3) is 0 Å². The highest BCUT2D eigenvalue weighted by molar-refractivity contribution is 5.75. The molecule has 5 nitrogen and oxygen atoms in total. The van der Waals surface area contributed by atoms with Crippen LogP contribution in [0.25, 0.3) is 0 Å². The van der Waals surface area contributed by atoms with Crippen molar-refractivity contribution in [1.82, 2.24) is 14.8 Å². The van der Waals surface area contributed by atoms with Crippen molar-refractivity contribution in [2.75, 3.05) is 7.11 Å². The summed E-state index contributed by atoms with van der Waals surface area (Å²) < 4.78 is 6.84. The standard InChI is InChI=1S/C13H15N3O2/c1-9-6-11(16(2)12(9)8-17)7-10-4-5-13(18-3)15-14-10/h4-6,8H,7H2,1-3H3. The number of carbonyl (C=O) groups is 1. The lowest BCUT2D eigenvalue weighted by Crippen LogP contribution is -2.03. The van der Waals surface area contributed by atoms with Crippen molar-refractivity contribution in [3.8, 4) is 5.88 Å². The van der Waals surface area contributed by atoms with Crippen LogP contribution in [0, 0.1) is 6.92 Å². The molecular weight excluding hydrogens is 230 g/mol. The number of aldehydes is 1. The first-order chi connectivity index (χ1) is 8.65. The van der Waals surface area contributed by atoms with Crippen LogP contribution in [0.1, 0.15) is 27.4 Å². The van der Waals surface area contributed by atoms with Crippen molar-refractivity contribution in [3.05, 3.63) is 40.8 Å². The molecule has 2 heterocycles. The van der Waals surface area contributed by atoms with Gasteiger partial charge in [-0.05, 0) is 24.6 Å². The van der Waals surface area contributed by atoms with Crippen LogP contribution >= 0.6 is 0 Å². The number of hydrogen-bond acceptors (Lipinski definition) is 4. The molecule has 0 saturated carbocycles. The fourth-order valence-corrected chi connectivity index (χ4v) is 1.92. The van der Waals surface area contributed by atoms with Crippen LogP contribution in [0.2, 0.25) is 0 Å². The van der Waals surface area contributed by atoms with E-state index in [1.165, 1.54) is 0 Å². The van der Waals surface area contributed by atoms with Gasteiger partial charge in [0, 0.05) is 25.2 Å². The average Bonchev–Trinajstić information content (AvgIpc) is 2.65. The number of ether oxygens (including phenoxy) is 1. The molecule has 18 heavy (non-hydrogen) atoms. The lowest BCUT2D eigenvalue weighted by Gasteiger charge is -2.04. The van der Waals surface area contributed by atoms with E-state index in [0.717, 1.165) is 23.2 Å². The molecule has 0 aromatic carbocycles. The summed E-state index contributed by atoms with van der Waals surface area (Å²) in [6, 6.07) is 5.64. The lowest BCUT2D eigenvalue weighted by molar-refractivity contribution is 0.111.